The molecule has 386 valence electrons. The van der Waals surface area contributed by atoms with Gasteiger partial charge >= 0.3 is 0 Å². The molecule has 14 heteroatoms. The molecule has 14 nitrogen and oxygen atoms in total. The van der Waals surface area contributed by atoms with Crippen LogP contribution in [0.4, 0.5) is 11.4 Å². The highest BCUT2D eigenvalue weighted by Gasteiger charge is 2.24. The van der Waals surface area contributed by atoms with Gasteiger partial charge in [-0.2, -0.15) is 0 Å². The number of morpholine rings is 4. The van der Waals surface area contributed by atoms with E-state index >= 15 is 0 Å². The van der Waals surface area contributed by atoms with Crippen LogP contribution >= 0.6 is 0 Å². The Kier molecular flexibility index (Phi) is 15.4. The number of aromatic nitrogens is 2. The first-order valence-corrected chi connectivity index (χ1v) is 27.2. The van der Waals surface area contributed by atoms with Crippen LogP contribution in [0.1, 0.15) is 24.0 Å². The van der Waals surface area contributed by atoms with Gasteiger partial charge in [-0.1, -0.05) is 48.6 Å². The summed E-state index contributed by atoms with van der Waals surface area (Å²) in [5.74, 6) is 1.24. The van der Waals surface area contributed by atoms with E-state index in [1.165, 1.54) is 22.5 Å². The average Bonchev–Trinajstić information content (AvgIpc) is 4.33. The van der Waals surface area contributed by atoms with E-state index in [1.54, 1.807) is 0 Å². The van der Waals surface area contributed by atoms with Gasteiger partial charge in [0.05, 0.1) is 52.9 Å². The number of anilines is 2. The lowest BCUT2D eigenvalue weighted by Gasteiger charge is -2.34. The van der Waals surface area contributed by atoms with E-state index in [4.69, 9.17) is 37.7 Å². The van der Waals surface area contributed by atoms with Gasteiger partial charge in [0.25, 0.3) is 0 Å². The third-order valence-electron chi connectivity index (χ3n) is 15.6. The monoisotopic (exact) mass is 999 g/mol. The van der Waals surface area contributed by atoms with Gasteiger partial charge in [-0.3, -0.25) is 19.6 Å². The fourth-order valence-electron chi connectivity index (χ4n) is 11.2. The van der Waals surface area contributed by atoms with Gasteiger partial charge in [-0.05, 0) is 107 Å². The molecule has 12 rings (SSSR count). The molecule has 0 saturated carbocycles. The molecule has 0 bridgehead atoms. The zero-order valence-corrected chi connectivity index (χ0v) is 42.8. The highest BCUT2D eigenvalue weighted by molar-refractivity contribution is 5.91. The molecule has 4 aromatic carbocycles. The second kappa shape index (κ2) is 23.3. The van der Waals surface area contributed by atoms with Gasteiger partial charge in [-0.25, -0.2) is 9.97 Å². The Morgan fingerprint density at radius 3 is 1.11 bits per heavy atom. The molecule has 6 aliphatic rings. The van der Waals surface area contributed by atoms with Crippen molar-refractivity contribution in [2.45, 2.75) is 12.8 Å². The summed E-state index contributed by atoms with van der Waals surface area (Å²) in [7, 11) is 0. The summed E-state index contributed by atoms with van der Waals surface area (Å²) in [6.07, 6.45) is 15.4. The predicted molar refractivity (Wildman–Crippen MR) is 295 cm³/mol. The lowest BCUT2D eigenvalue weighted by molar-refractivity contribution is 0.0367. The number of hydrogen-bond donors (Lipinski definition) is 0. The minimum atomic E-state index is 0.620. The molecule has 0 spiro atoms. The van der Waals surface area contributed by atoms with Gasteiger partial charge in [0.1, 0.15) is 11.0 Å². The second-order valence-corrected chi connectivity index (χ2v) is 20.2. The minimum Gasteiger partial charge on any atom is -0.436 e. The standard InChI is InChI=1S/C60H70N8O6/c1-2-6-45(5-1)53-43-49(67(21-17-63-25-33-69-34-26-63)22-18-64-27-35-70-36-28-64)11-13-51(53)59-61-55-15-9-47(41-57(55)73-59)48-10-16-56-58(42-48)74-60(62-56)52-14-12-50(44-54(52)46-7-3-4-8-46)68(23-19-65-29-37-71-38-30-65)24-20-66-31-39-72-40-32-66/h1,3,5-16,41-44H,2,4,17-40H2. The van der Waals surface area contributed by atoms with Crippen molar-refractivity contribution in [2.75, 3.05) is 167 Å². The Balaban J connectivity index is 0.807. The zero-order valence-electron chi connectivity index (χ0n) is 42.8. The Morgan fingerprint density at radius 1 is 0.405 bits per heavy atom. The number of nitrogens with zero attached hydrogens (tertiary/aromatic N) is 8. The highest BCUT2D eigenvalue weighted by atomic mass is 16.5. The van der Waals surface area contributed by atoms with E-state index in [1.807, 2.05) is 0 Å². The van der Waals surface area contributed by atoms with Gasteiger partial charge in [-0.15, -0.1) is 0 Å². The third-order valence-corrected chi connectivity index (χ3v) is 15.6. The molecule has 4 aliphatic heterocycles. The molecule has 2 aromatic heterocycles. The molecule has 0 amide bonds. The summed E-state index contributed by atoms with van der Waals surface area (Å²) < 4.78 is 36.1. The average molecular weight is 999 g/mol. The molecular formula is C60H70N8O6. The van der Waals surface area contributed by atoms with E-state index in [2.05, 4.69) is 139 Å². The summed E-state index contributed by atoms with van der Waals surface area (Å²) in [4.78, 5) is 25.4. The quantitative estimate of drug-likeness (QED) is 0.0773. The van der Waals surface area contributed by atoms with Crippen molar-refractivity contribution < 1.29 is 27.8 Å². The van der Waals surface area contributed by atoms with Crippen LogP contribution < -0.4 is 9.80 Å². The van der Waals surface area contributed by atoms with Crippen molar-refractivity contribution >= 4 is 44.7 Å². The molecule has 0 radical (unpaired) electrons. The molecule has 4 fully saturated rings. The molecule has 0 N–H and O–H groups in total. The number of benzene rings is 4. The van der Waals surface area contributed by atoms with Crippen LogP contribution in [-0.4, -0.2) is 187 Å². The summed E-state index contributed by atoms with van der Waals surface area (Å²) in [6.45, 7) is 22.1. The van der Waals surface area contributed by atoms with Crippen molar-refractivity contribution in [1.29, 1.82) is 0 Å². The van der Waals surface area contributed by atoms with Crippen LogP contribution in [0.25, 0.3) is 67.4 Å². The molecule has 4 saturated heterocycles. The van der Waals surface area contributed by atoms with Crippen LogP contribution in [0, 0.1) is 0 Å². The number of ether oxygens (including phenoxy) is 4. The van der Waals surface area contributed by atoms with E-state index in [0.717, 1.165) is 226 Å². The van der Waals surface area contributed by atoms with Gasteiger partial charge < -0.3 is 37.6 Å². The maximum absolute atomic E-state index is 6.72. The van der Waals surface area contributed by atoms with Gasteiger partial charge in [0, 0.05) is 127 Å². The van der Waals surface area contributed by atoms with Crippen molar-refractivity contribution in [1.82, 2.24) is 29.6 Å². The lowest BCUT2D eigenvalue weighted by Crippen LogP contribution is -2.45. The second-order valence-electron chi connectivity index (χ2n) is 20.2. The summed E-state index contributed by atoms with van der Waals surface area (Å²) in [5.41, 5.74) is 14.3. The number of oxazole rings is 2. The molecule has 6 heterocycles. The van der Waals surface area contributed by atoms with Crippen LogP contribution in [0.3, 0.4) is 0 Å². The predicted octanol–water partition coefficient (Wildman–Crippen LogP) is 8.60. The maximum Gasteiger partial charge on any atom is 0.227 e. The molecule has 0 unspecified atom stereocenters. The highest BCUT2D eigenvalue weighted by Crippen LogP contribution is 2.39. The SMILES string of the molecule is C1=CC(c2cc(N(CCN3CCOCC3)CCN3CCOCC3)ccc2-c2nc3ccc(-c4ccc5nc(-c6ccc(N(CCN7CCOCC7)CCN7CCOCC7)cc6C6=CCC=C6)oc5c4)cc3o2)=CC1. The molecule has 74 heavy (non-hydrogen) atoms. The van der Waals surface area contributed by atoms with Crippen molar-refractivity contribution in [3.05, 3.63) is 120 Å². The number of hydrogen-bond acceptors (Lipinski definition) is 14. The molecule has 0 atom stereocenters. The van der Waals surface area contributed by atoms with Crippen LogP contribution in [0.5, 0.6) is 0 Å². The number of fused-ring (bicyclic) bond motifs is 2. The maximum atomic E-state index is 6.72. The lowest BCUT2D eigenvalue weighted by atomic mass is 9.99. The van der Waals surface area contributed by atoms with E-state index in [9.17, 15) is 0 Å². The fourth-order valence-corrected chi connectivity index (χ4v) is 11.2. The van der Waals surface area contributed by atoms with Crippen LogP contribution in [0.15, 0.2) is 118 Å². The smallest absolute Gasteiger partial charge is 0.227 e. The minimum absolute atomic E-state index is 0.620. The summed E-state index contributed by atoms with van der Waals surface area (Å²) >= 11 is 0. The molecular weight excluding hydrogens is 929 g/mol. The normalized spacial score (nSPS) is 19.2. The molecule has 6 aromatic rings. The van der Waals surface area contributed by atoms with Gasteiger partial charge in [0.15, 0.2) is 11.2 Å². The van der Waals surface area contributed by atoms with Crippen LogP contribution in [0.2, 0.25) is 0 Å². The zero-order chi connectivity index (χ0) is 49.5. The van der Waals surface area contributed by atoms with E-state index in [0.29, 0.717) is 11.8 Å². The summed E-state index contributed by atoms with van der Waals surface area (Å²) in [5, 5.41) is 0. The molecule has 2 aliphatic carbocycles. The first-order valence-electron chi connectivity index (χ1n) is 27.2. The Morgan fingerprint density at radius 2 is 0.770 bits per heavy atom. The number of allylic oxidation sites excluding steroid dienone is 8. The van der Waals surface area contributed by atoms with E-state index < -0.39 is 0 Å². The van der Waals surface area contributed by atoms with Crippen molar-refractivity contribution in [3.63, 3.8) is 0 Å². The fraction of sp³-hybridized carbons (Fsp3) is 0.433. The van der Waals surface area contributed by atoms with Gasteiger partial charge in [0.2, 0.25) is 11.8 Å². The van der Waals surface area contributed by atoms with Crippen molar-refractivity contribution in [2.24, 2.45) is 0 Å². The Bertz CT molecular complexity index is 2760. The first kappa shape index (κ1) is 49.0. The number of rotatable bonds is 19. The third kappa shape index (κ3) is 11.5. The topological polar surface area (TPSA) is 108 Å². The first-order chi connectivity index (χ1) is 36.6. The van der Waals surface area contributed by atoms with Crippen LogP contribution in [-0.2, 0) is 18.9 Å². The Labute approximate surface area is 435 Å². The van der Waals surface area contributed by atoms with Crippen molar-refractivity contribution in [3.8, 4) is 34.0 Å². The summed E-state index contributed by atoms with van der Waals surface area (Å²) in [6, 6.07) is 26.2. The van der Waals surface area contributed by atoms with E-state index in [-0.39, 0.29) is 0 Å². The largest absolute Gasteiger partial charge is 0.436 e. The Hall–Kier alpha value is -5.94.